The summed E-state index contributed by atoms with van der Waals surface area (Å²) in [6.45, 7) is -0.393. The maximum atomic E-state index is 12.6. The van der Waals surface area contributed by atoms with Gasteiger partial charge in [-0.2, -0.15) is 0 Å². The minimum atomic E-state index is -6.42. The Bertz CT molecular complexity index is 1990. The minimum Gasteiger partial charge on any atom is -0.756 e. The standard InChI is InChI=1S/C24H41N5O23P4/c1-9-15(30)16(31)11(47-9)5-44-53(35,36)50-20-13(48-10(2)19(20)43-4)7-46-55(39,40)52-56(41,42)51-54(37,38)45-6-12-17(32)18(33)23(49-12)29-8-28(3)14-21(29)26-24(25)27-22(14)34/h8-13,15-20,23,30-33H,5-7H2,1-4H3,(H6-,25,26,27,34,35,36,37,38,39,40,41,42)/p-3. The fraction of sp³-hybridized carbons (Fsp3) is 0.792. The molecule has 56 heavy (non-hydrogen) atoms. The number of aliphatic hydroxyl groups excluding tert-OH is 4. The van der Waals surface area contributed by atoms with Gasteiger partial charge in [-0.1, -0.05) is 4.98 Å². The molecule has 5 rings (SSSR count). The van der Waals surface area contributed by atoms with Crippen LogP contribution in [0.5, 0.6) is 0 Å². The van der Waals surface area contributed by atoms with Crippen LogP contribution in [0.2, 0.25) is 0 Å². The zero-order valence-corrected chi connectivity index (χ0v) is 33.0. The molecule has 0 saturated carbocycles. The van der Waals surface area contributed by atoms with E-state index in [0.29, 0.717) is 0 Å². The summed E-state index contributed by atoms with van der Waals surface area (Å²) in [5, 5.41) is 40.9. The molecule has 0 aliphatic carbocycles. The van der Waals surface area contributed by atoms with Crippen molar-refractivity contribution < 1.29 is 108 Å². The average molecular weight is 888 g/mol. The first-order chi connectivity index (χ1) is 25.8. The second-order valence-electron chi connectivity index (χ2n) is 12.7. The van der Waals surface area contributed by atoms with E-state index in [4.69, 9.17) is 33.7 Å². The predicted molar refractivity (Wildman–Crippen MR) is 169 cm³/mol. The van der Waals surface area contributed by atoms with Gasteiger partial charge in [0.15, 0.2) is 6.33 Å². The SMILES string of the molecule is COC1C(C)OC(COP(=O)([O-])OP(=O)([O-])OP(=O)([O-])OCC2OC([n+]3cn(C)c4c(=O)[nH]c(N)nc43)C(O)C2O)C1OP(=O)([O-])OCC1OC(C)C(O)C1O. The van der Waals surface area contributed by atoms with E-state index in [1.807, 2.05) is 0 Å². The molecule has 28 nitrogen and oxygen atoms in total. The van der Waals surface area contributed by atoms with Crippen LogP contribution in [0.15, 0.2) is 11.1 Å². The summed E-state index contributed by atoms with van der Waals surface area (Å²) < 4.78 is 99.9. The van der Waals surface area contributed by atoms with E-state index < -0.39 is 130 Å². The first kappa shape index (κ1) is 45.4. The highest BCUT2D eigenvalue weighted by Crippen LogP contribution is 2.63. The number of aryl methyl sites for hydroxylation is 1. The van der Waals surface area contributed by atoms with Crippen LogP contribution < -0.4 is 35.4 Å². The number of aromatic nitrogens is 4. The molecule has 7 N–H and O–H groups in total. The molecule has 16 atom stereocenters. The number of imidazole rings is 1. The molecule has 0 radical (unpaired) electrons. The van der Waals surface area contributed by atoms with Gasteiger partial charge >= 0.3 is 5.65 Å². The fourth-order valence-electron chi connectivity index (χ4n) is 6.10. The number of nitrogens with two attached hydrogens (primary N) is 1. The third kappa shape index (κ3) is 10.4. The summed E-state index contributed by atoms with van der Waals surface area (Å²) in [6.07, 6.45) is -16.1. The smallest absolute Gasteiger partial charge is 0.313 e. The lowest BCUT2D eigenvalue weighted by Crippen LogP contribution is -2.46. The van der Waals surface area contributed by atoms with Crippen molar-refractivity contribution >= 4 is 48.4 Å². The molecule has 0 spiro atoms. The number of aromatic amines is 1. The summed E-state index contributed by atoms with van der Waals surface area (Å²) in [6, 6.07) is 0. The maximum Gasteiger partial charge on any atom is 0.313 e. The van der Waals surface area contributed by atoms with Crippen molar-refractivity contribution in [3.8, 4) is 0 Å². The number of fused-ring (bicyclic) bond motifs is 1. The normalized spacial score (nSPS) is 36.6. The highest BCUT2D eigenvalue weighted by Gasteiger charge is 2.49. The number of methoxy groups -OCH3 is 1. The Labute approximate surface area is 315 Å². The van der Waals surface area contributed by atoms with Crippen LogP contribution in [0.3, 0.4) is 0 Å². The van der Waals surface area contributed by atoms with Gasteiger partial charge in [-0.25, -0.2) is 13.2 Å². The second kappa shape index (κ2) is 17.1. The average Bonchev–Trinajstić information content (AvgIpc) is 3.73. The van der Waals surface area contributed by atoms with Crippen molar-refractivity contribution in [1.82, 2.24) is 14.5 Å². The van der Waals surface area contributed by atoms with Gasteiger partial charge in [-0.05, 0) is 13.8 Å². The molecular formula is C24H38N5O23P4-3. The van der Waals surface area contributed by atoms with Crippen molar-refractivity contribution in [2.24, 2.45) is 7.05 Å². The van der Waals surface area contributed by atoms with Gasteiger partial charge in [0.25, 0.3) is 42.8 Å². The van der Waals surface area contributed by atoms with E-state index >= 15 is 0 Å². The number of nitrogens with zero attached hydrogens (tertiary/aromatic N) is 3. The molecule has 0 bridgehead atoms. The summed E-state index contributed by atoms with van der Waals surface area (Å²) in [7, 11) is -21.3. The lowest BCUT2D eigenvalue weighted by atomic mass is 10.1. The first-order valence-electron chi connectivity index (χ1n) is 16.1. The van der Waals surface area contributed by atoms with Crippen molar-refractivity contribution in [3.63, 3.8) is 0 Å². The highest BCUT2D eigenvalue weighted by molar-refractivity contribution is 7.65. The van der Waals surface area contributed by atoms with Gasteiger partial charge in [0.05, 0.1) is 39.1 Å². The Morgan fingerprint density at radius 1 is 0.804 bits per heavy atom. The Morgan fingerprint density at radius 3 is 1.88 bits per heavy atom. The summed E-state index contributed by atoms with van der Waals surface area (Å²) in [5.74, 6) is -0.306. The molecule has 3 fully saturated rings. The van der Waals surface area contributed by atoms with Crippen LogP contribution in [0.1, 0.15) is 20.1 Å². The van der Waals surface area contributed by atoms with Crippen LogP contribution in [-0.2, 0) is 71.0 Å². The number of anilines is 1. The molecule has 16 unspecified atom stereocenters. The van der Waals surface area contributed by atoms with E-state index in [-0.39, 0.29) is 17.1 Å². The summed E-state index contributed by atoms with van der Waals surface area (Å²) in [5.41, 5.74) is 4.82. The molecule has 3 saturated heterocycles. The Morgan fingerprint density at radius 2 is 1.32 bits per heavy atom. The number of aliphatic hydroxyl groups is 4. The molecular weight excluding hydrogens is 850 g/mol. The van der Waals surface area contributed by atoms with Gasteiger partial charge in [-0.15, -0.1) is 0 Å². The molecule has 2 aromatic rings. The molecule has 0 aromatic carbocycles. The van der Waals surface area contributed by atoms with E-state index in [1.165, 1.54) is 31.8 Å². The van der Waals surface area contributed by atoms with Crippen LogP contribution >= 0.6 is 31.3 Å². The number of ether oxygens (including phenoxy) is 4. The van der Waals surface area contributed by atoms with Gasteiger partial charge < -0.3 is 82.8 Å². The van der Waals surface area contributed by atoms with Gasteiger partial charge in [-0.3, -0.25) is 32.6 Å². The number of phosphoric ester groups is 3. The number of nitrogen functional groups attached to an aromatic ring is 1. The second-order valence-corrected chi connectivity index (χ2v) is 18.5. The largest absolute Gasteiger partial charge is 0.756 e. The molecule has 3 aliphatic heterocycles. The maximum absolute atomic E-state index is 12.6. The van der Waals surface area contributed by atoms with Crippen molar-refractivity contribution in [1.29, 1.82) is 0 Å². The highest BCUT2D eigenvalue weighted by atomic mass is 31.3. The topological polar surface area (TPSA) is 414 Å². The van der Waals surface area contributed by atoms with Crippen molar-refractivity contribution in [2.45, 2.75) is 87.2 Å². The molecule has 0 amide bonds. The Kier molecular flexibility index (Phi) is 13.9. The fourth-order valence-corrected chi connectivity index (χ4v) is 10.4. The number of hydrogen-bond acceptors (Lipinski definition) is 25. The minimum absolute atomic E-state index is 0.0199. The third-order valence-corrected chi connectivity index (χ3v) is 13.8. The number of phosphoric acid groups is 4. The number of H-pyrrole nitrogens is 1. The van der Waals surface area contributed by atoms with E-state index in [0.717, 1.165) is 11.7 Å². The molecule has 5 heterocycles. The first-order valence-corrected chi connectivity index (χ1v) is 21.9. The lowest BCUT2D eigenvalue weighted by molar-refractivity contribution is -0.745. The van der Waals surface area contributed by atoms with Crippen molar-refractivity contribution in [3.05, 3.63) is 16.7 Å². The molecule has 320 valence electrons. The summed E-state index contributed by atoms with van der Waals surface area (Å²) in [4.78, 5) is 68.4. The lowest BCUT2D eigenvalue weighted by Gasteiger charge is -2.35. The van der Waals surface area contributed by atoms with E-state index in [1.54, 1.807) is 0 Å². The quantitative estimate of drug-likeness (QED) is 0.0637. The van der Waals surface area contributed by atoms with Crippen LogP contribution in [0, 0.1) is 0 Å². The molecule has 32 heteroatoms. The number of rotatable bonds is 17. The third-order valence-electron chi connectivity index (χ3n) is 8.66. The molecule has 2 aromatic heterocycles. The number of nitrogens with one attached hydrogen (secondary N) is 1. The van der Waals surface area contributed by atoms with Crippen LogP contribution in [0.4, 0.5) is 5.95 Å². The Hall–Kier alpha value is -1.65. The van der Waals surface area contributed by atoms with Crippen molar-refractivity contribution in [2.75, 3.05) is 32.7 Å². The monoisotopic (exact) mass is 888 g/mol. The zero-order valence-electron chi connectivity index (χ0n) is 29.4. The van der Waals surface area contributed by atoms with Crippen LogP contribution in [0.25, 0.3) is 11.2 Å². The van der Waals surface area contributed by atoms with Gasteiger partial charge in [0.2, 0.25) is 11.7 Å². The summed E-state index contributed by atoms with van der Waals surface area (Å²) >= 11 is 0. The van der Waals surface area contributed by atoms with Gasteiger partial charge in [0, 0.05) is 7.11 Å². The van der Waals surface area contributed by atoms with E-state index in [2.05, 4.69) is 27.6 Å². The molecule has 3 aliphatic rings. The predicted octanol–water partition coefficient (Wildman–Crippen LogP) is -5.60. The van der Waals surface area contributed by atoms with Crippen LogP contribution in [-0.4, -0.2) is 129 Å². The number of hydrogen-bond donors (Lipinski definition) is 6. The Balaban J connectivity index is 1.15. The zero-order chi connectivity index (χ0) is 41.7. The van der Waals surface area contributed by atoms with E-state index in [9.17, 15) is 63.1 Å². The van der Waals surface area contributed by atoms with Gasteiger partial charge in [0.1, 0.15) is 54.9 Å².